The van der Waals surface area contributed by atoms with Crippen LogP contribution in [0.25, 0.3) is 0 Å². The Morgan fingerprint density at radius 3 is 2.73 bits per heavy atom. The molecule has 0 bridgehead atoms. The van der Waals surface area contributed by atoms with Crippen LogP contribution < -0.4 is 11.1 Å². The van der Waals surface area contributed by atoms with Crippen LogP contribution in [-0.4, -0.2) is 43.0 Å². The quantitative estimate of drug-likeness (QED) is 0.610. The Bertz CT molecular complexity index is 204. The van der Waals surface area contributed by atoms with E-state index >= 15 is 0 Å². The standard InChI is InChI=1S/C11H23N3O/c1-3-4-7-14(2)8-10(11(12)15)13-9-5-6-9/h9-10,13H,3-8H2,1-2H3,(H2,12,15). The molecule has 0 radical (unpaired) electrons. The Hall–Kier alpha value is -0.610. The fourth-order valence-corrected chi connectivity index (χ4v) is 1.59. The van der Waals surface area contributed by atoms with E-state index in [2.05, 4.69) is 17.1 Å². The lowest BCUT2D eigenvalue weighted by Gasteiger charge is -2.22. The van der Waals surface area contributed by atoms with Gasteiger partial charge in [-0.1, -0.05) is 13.3 Å². The summed E-state index contributed by atoms with van der Waals surface area (Å²) in [5.41, 5.74) is 5.36. The molecule has 3 N–H and O–H groups in total. The molecular formula is C11H23N3O. The number of primary amides is 1. The molecule has 0 aromatic heterocycles. The summed E-state index contributed by atoms with van der Waals surface area (Å²) in [6, 6.07) is 0.349. The fourth-order valence-electron chi connectivity index (χ4n) is 1.59. The van der Waals surface area contributed by atoms with Gasteiger partial charge in [0.1, 0.15) is 0 Å². The second-order valence-electron chi connectivity index (χ2n) is 4.51. The molecular weight excluding hydrogens is 190 g/mol. The lowest BCUT2D eigenvalue weighted by Crippen LogP contribution is -2.49. The van der Waals surface area contributed by atoms with Gasteiger partial charge in [0.05, 0.1) is 6.04 Å². The minimum atomic E-state index is -0.231. The van der Waals surface area contributed by atoms with Gasteiger partial charge in [-0.25, -0.2) is 0 Å². The van der Waals surface area contributed by atoms with Gasteiger partial charge >= 0.3 is 0 Å². The lowest BCUT2D eigenvalue weighted by atomic mass is 10.2. The molecule has 15 heavy (non-hydrogen) atoms. The summed E-state index contributed by atoms with van der Waals surface area (Å²) in [6.45, 7) is 3.93. The summed E-state index contributed by atoms with van der Waals surface area (Å²) >= 11 is 0. The number of nitrogens with zero attached hydrogens (tertiary/aromatic N) is 1. The van der Waals surface area contributed by atoms with E-state index in [4.69, 9.17) is 5.73 Å². The molecule has 1 aliphatic rings. The summed E-state index contributed by atoms with van der Waals surface area (Å²) < 4.78 is 0. The van der Waals surface area contributed by atoms with Gasteiger partial charge in [0.25, 0.3) is 0 Å². The van der Waals surface area contributed by atoms with Crippen molar-refractivity contribution in [3.05, 3.63) is 0 Å². The van der Waals surface area contributed by atoms with Crippen molar-refractivity contribution in [2.45, 2.75) is 44.7 Å². The van der Waals surface area contributed by atoms with Crippen molar-refractivity contribution in [1.29, 1.82) is 0 Å². The van der Waals surface area contributed by atoms with Crippen LogP contribution >= 0.6 is 0 Å². The van der Waals surface area contributed by atoms with Crippen LogP contribution in [0.3, 0.4) is 0 Å². The molecule has 1 atom stereocenters. The third-order valence-corrected chi connectivity index (χ3v) is 2.75. The number of amides is 1. The second-order valence-corrected chi connectivity index (χ2v) is 4.51. The maximum atomic E-state index is 11.2. The van der Waals surface area contributed by atoms with Gasteiger partial charge in [0, 0.05) is 12.6 Å². The molecule has 0 spiro atoms. The van der Waals surface area contributed by atoms with Crippen molar-refractivity contribution in [2.24, 2.45) is 5.73 Å². The van der Waals surface area contributed by atoms with E-state index < -0.39 is 0 Å². The van der Waals surface area contributed by atoms with E-state index in [-0.39, 0.29) is 11.9 Å². The molecule has 1 fully saturated rings. The zero-order valence-electron chi connectivity index (χ0n) is 9.83. The highest BCUT2D eigenvalue weighted by Gasteiger charge is 2.27. The van der Waals surface area contributed by atoms with Crippen molar-refractivity contribution in [2.75, 3.05) is 20.1 Å². The van der Waals surface area contributed by atoms with E-state index in [1.165, 1.54) is 25.7 Å². The van der Waals surface area contributed by atoms with Crippen molar-refractivity contribution in [3.8, 4) is 0 Å². The molecule has 1 aliphatic carbocycles. The molecule has 0 aromatic rings. The average molecular weight is 213 g/mol. The maximum absolute atomic E-state index is 11.2. The normalized spacial score (nSPS) is 18.1. The van der Waals surface area contributed by atoms with Gasteiger partial charge in [-0.15, -0.1) is 0 Å². The van der Waals surface area contributed by atoms with Crippen molar-refractivity contribution >= 4 is 5.91 Å². The minimum absolute atomic E-state index is 0.181. The number of nitrogens with one attached hydrogen (secondary N) is 1. The maximum Gasteiger partial charge on any atom is 0.235 e. The van der Waals surface area contributed by atoms with E-state index in [0.29, 0.717) is 6.04 Å². The molecule has 1 unspecified atom stereocenters. The first-order valence-electron chi connectivity index (χ1n) is 5.87. The van der Waals surface area contributed by atoms with Crippen LogP contribution in [0, 0.1) is 0 Å². The number of unbranched alkanes of at least 4 members (excludes halogenated alkanes) is 1. The summed E-state index contributed by atoms with van der Waals surface area (Å²) in [4.78, 5) is 13.4. The summed E-state index contributed by atoms with van der Waals surface area (Å²) in [6.07, 6.45) is 4.72. The lowest BCUT2D eigenvalue weighted by molar-refractivity contribution is -0.120. The molecule has 4 nitrogen and oxygen atoms in total. The Morgan fingerprint density at radius 1 is 1.60 bits per heavy atom. The predicted octanol–water partition coefficient (Wildman–Crippen LogP) is 0.324. The Kier molecular flexibility index (Phi) is 5.05. The molecule has 1 amide bonds. The van der Waals surface area contributed by atoms with Gasteiger partial charge in [0.15, 0.2) is 0 Å². The largest absolute Gasteiger partial charge is 0.368 e. The van der Waals surface area contributed by atoms with Crippen LogP contribution in [0.15, 0.2) is 0 Å². The average Bonchev–Trinajstić information content (AvgIpc) is 2.97. The molecule has 1 rings (SSSR count). The van der Waals surface area contributed by atoms with E-state index in [1.54, 1.807) is 0 Å². The topological polar surface area (TPSA) is 58.4 Å². The third-order valence-electron chi connectivity index (χ3n) is 2.75. The molecule has 0 aliphatic heterocycles. The number of nitrogens with two attached hydrogens (primary N) is 1. The van der Waals surface area contributed by atoms with Crippen molar-refractivity contribution in [3.63, 3.8) is 0 Å². The zero-order valence-corrected chi connectivity index (χ0v) is 9.83. The number of rotatable bonds is 8. The van der Waals surface area contributed by atoms with Crippen molar-refractivity contribution in [1.82, 2.24) is 10.2 Å². The molecule has 1 saturated carbocycles. The first-order valence-corrected chi connectivity index (χ1v) is 5.87. The Labute approximate surface area is 92.2 Å². The smallest absolute Gasteiger partial charge is 0.235 e. The van der Waals surface area contributed by atoms with E-state index in [9.17, 15) is 4.79 Å². The zero-order chi connectivity index (χ0) is 11.3. The van der Waals surface area contributed by atoms with Crippen LogP contribution in [0.4, 0.5) is 0 Å². The van der Waals surface area contributed by atoms with E-state index in [1.807, 2.05) is 7.05 Å². The highest BCUT2D eigenvalue weighted by atomic mass is 16.1. The van der Waals surface area contributed by atoms with Gasteiger partial charge in [-0.3, -0.25) is 4.79 Å². The van der Waals surface area contributed by atoms with Crippen LogP contribution in [0.5, 0.6) is 0 Å². The molecule has 0 saturated heterocycles. The summed E-state index contributed by atoms with van der Waals surface area (Å²) in [7, 11) is 2.04. The summed E-state index contributed by atoms with van der Waals surface area (Å²) in [5, 5.41) is 3.28. The van der Waals surface area contributed by atoms with Crippen molar-refractivity contribution < 1.29 is 4.79 Å². The number of likely N-dealkylation sites (N-methyl/N-ethyl adjacent to an activating group) is 1. The Morgan fingerprint density at radius 2 is 2.27 bits per heavy atom. The highest BCUT2D eigenvalue weighted by Crippen LogP contribution is 2.19. The number of hydrogen-bond donors (Lipinski definition) is 2. The minimum Gasteiger partial charge on any atom is -0.368 e. The fraction of sp³-hybridized carbons (Fsp3) is 0.909. The highest BCUT2D eigenvalue weighted by molar-refractivity contribution is 5.80. The molecule has 88 valence electrons. The van der Waals surface area contributed by atoms with Crippen LogP contribution in [0.1, 0.15) is 32.6 Å². The second kappa shape index (κ2) is 6.08. The van der Waals surface area contributed by atoms with Gasteiger partial charge in [0.2, 0.25) is 5.91 Å². The monoisotopic (exact) mass is 213 g/mol. The number of hydrogen-bond acceptors (Lipinski definition) is 3. The van der Waals surface area contributed by atoms with Crippen LogP contribution in [0.2, 0.25) is 0 Å². The third kappa shape index (κ3) is 5.14. The SMILES string of the molecule is CCCCN(C)CC(NC1CC1)C(N)=O. The van der Waals surface area contributed by atoms with E-state index in [0.717, 1.165) is 13.1 Å². The van der Waals surface area contributed by atoms with Gasteiger partial charge in [-0.2, -0.15) is 0 Å². The van der Waals surface area contributed by atoms with Gasteiger partial charge < -0.3 is 16.0 Å². The Balaban J connectivity index is 2.25. The summed E-state index contributed by atoms with van der Waals surface area (Å²) in [5.74, 6) is -0.231. The van der Waals surface area contributed by atoms with Gasteiger partial charge in [-0.05, 0) is 32.9 Å². The molecule has 0 aromatic carbocycles. The number of carbonyl (C=O) groups excluding carboxylic acids is 1. The molecule has 4 heteroatoms. The number of carbonyl (C=O) groups is 1. The first-order chi connectivity index (χ1) is 7.13. The van der Waals surface area contributed by atoms with Crippen LogP contribution in [-0.2, 0) is 4.79 Å². The molecule has 0 heterocycles. The predicted molar refractivity (Wildman–Crippen MR) is 61.5 cm³/mol. The first kappa shape index (κ1) is 12.5.